The van der Waals surface area contributed by atoms with Gasteiger partial charge in [0.15, 0.2) is 0 Å². The molecule has 0 radical (unpaired) electrons. The Labute approximate surface area is 121 Å². The van der Waals surface area contributed by atoms with Crippen molar-refractivity contribution in [2.75, 3.05) is 0 Å². The van der Waals surface area contributed by atoms with Gasteiger partial charge in [-0.3, -0.25) is 4.68 Å². The maximum absolute atomic E-state index is 4.58. The van der Waals surface area contributed by atoms with E-state index >= 15 is 0 Å². The summed E-state index contributed by atoms with van der Waals surface area (Å²) in [5.41, 5.74) is 3.51. The third-order valence-electron chi connectivity index (χ3n) is 3.49. The predicted molar refractivity (Wildman–Crippen MR) is 82.5 cm³/mol. The lowest BCUT2D eigenvalue weighted by Crippen LogP contribution is -2.04. The highest BCUT2D eigenvalue weighted by Crippen LogP contribution is 2.23. The zero-order valence-corrected chi connectivity index (χ0v) is 12.6. The van der Waals surface area contributed by atoms with Crippen LogP contribution in [0.4, 0.5) is 0 Å². The molecule has 0 unspecified atom stereocenters. The zero-order chi connectivity index (χ0) is 13.4. The number of halogens is 1. The van der Waals surface area contributed by atoms with Crippen molar-refractivity contribution in [3.05, 3.63) is 63.9 Å². The van der Waals surface area contributed by atoms with E-state index in [0.29, 0.717) is 0 Å². The van der Waals surface area contributed by atoms with Crippen molar-refractivity contribution in [1.82, 2.24) is 9.78 Å². The van der Waals surface area contributed by atoms with Crippen molar-refractivity contribution in [3.63, 3.8) is 0 Å². The maximum Gasteiger partial charge on any atom is 0.0738 e. The summed E-state index contributed by atoms with van der Waals surface area (Å²) in [7, 11) is 0. The number of benzene rings is 2. The molecule has 0 spiro atoms. The van der Waals surface area contributed by atoms with Crippen LogP contribution in [-0.4, -0.2) is 9.78 Å². The molecule has 2 aromatic carbocycles. The van der Waals surface area contributed by atoms with Crippen LogP contribution < -0.4 is 0 Å². The topological polar surface area (TPSA) is 17.8 Å². The monoisotopic (exact) mass is 314 g/mol. The molecule has 2 nitrogen and oxygen atoms in total. The van der Waals surface area contributed by atoms with Gasteiger partial charge in [0.2, 0.25) is 0 Å². The Morgan fingerprint density at radius 1 is 1.05 bits per heavy atom. The number of hydrogen-bond acceptors (Lipinski definition) is 1. The molecule has 0 atom stereocenters. The van der Waals surface area contributed by atoms with E-state index in [0.717, 1.165) is 16.7 Å². The molecule has 0 saturated carbocycles. The Hall–Kier alpha value is -1.61. The van der Waals surface area contributed by atoms with Crippen molar-refractivity contribution < 1.29 is 0 Å². The van der Waals surface area contributed by atoms with Crippen molar-refractivity contribution in [2.24, 2.45) is 0 Å². The van der Waals surface area contributed by atoms with Gasteiger partial charge in [-0.25, -0.2) is 0 Å². The minimum atomic E-state index is 0.805. The first-order valence-corrected chi connectivity index (χ1v) is 7.12. The maximum atomic E-state index is 4.58. The number of aryl methyl sites for hydroxylation is 1. The van der Waals surface area contributed by atoms with E-state index in [9.17, 15) is 0 Å². The molecule has 0 saturated heterocycles. The van der Waals surface area contributed by atoms with Crippen LogP contribution in [0.3, 0.4) is 0 Å². The lowest BCUT2D eigenvalue weighted by atomic mass is 10.0. The van der Waals surface area contributed by atoms with Crippen LogP contribution in [0, 0.1) is 13.8 Å². The molecule has 1 heterocycles. The largest absolute Gasteiger partial charge is 0.264 e. The highest BCUT2D eigenvalue weighted by atomic mass is 79.9. The molecule has 3 rings (SSSR count). The first-order valence-electron chi connectivity index (χ1n) is 6.33. The van der Waals surface area contributed by atoms with E-state index in [2.05, 4.69) is 75.1 Å². The zero-order valence-electron chi connectivity index (χ0n) is 11.0. The van der Waals surface area contributed by atoms with Gasteiger partial charge in [0.25, 0.3) is 0 Å². The molecule has 0 aliphatic rings. The number of hydrogen-bond donors (Lipinski definition) is 0. The normalized spacial score (nSPS) is 11.1. The second kappa shape index (κ2) is 4.82. The molecule has 0 amide bonds. The fourth-order valence-corrected chi connectivity index (χ4v) is 2.70. The second-order valence-electron chi connectivity index (χ2n) is 4.78. The standard InChI is InChI=1S/C16H15BrN2/c1-11-16(17)12(2)19(18-11)10-14-8-5-7-13-6-3-4-9-15(13)14/h3-9H,10H2,1-2H3. The van der Waals surface area contributed by atoms with Crippen LogP contribution in [0.25, 0.3) is 10.8 Å². The summed E-state index contributed by atoms with van der Waals surface area (Å²) < 4.78 is 3.16. The molecule has 3 aromatic rings. The van der Waals surface area contributed by atoms with Crippen LogP contribution in [0.5, 0.6) is 0 Å². The molecule has 0 fully saturated rings. The fourth-order valence-electron chi connectivity index (χ4n) is 2.42. The first-order chi connectivity index (χ1) is 9.16. The van der Waals surface area contributed by atoms with E-state index in [1.54, 1.807) is 0 Å². The lowest BCUT2D eigenvalue weighted by Gasteiger charge is -2.08. The third-order valence-corrected chi connectivity index (χ3v) is 4.64. The van der Waals surface area contributed by atoms with Crippen molar-refractivity contribution in [1.29, 1.82) is 0 Å². The van der Waals surface area contributed by atoms with E-state index < -0.39 is 0 Å². The second-order valence-corrected chi connectivity index (χ2v) is 5.57. The first kappa shape index (κ1) is 12.4. The summed E-state index contributed by atoms with van der Waals surface area (Å²) in [6.07, 6.45) is 0. The van der Waals surface area contributed by atoms with Crippen LogP contribution in [-0.2, 0) is 6.54 Å². The average Bonchev–Trinajstić information content (AvgIpc) is 2.67. The summed E-state index contributed by atoms with van der Waals surface area (Å²) in [4.78, 5) is 0. The minimum absolute atomic E-state index is 0.805. The molecular formula is C16H15BrN2. The molecule has 1 aromatic heterocycles. The summed E-state index contributed by atoms with van der Waals surface area (Å²) in [6, 6.07) is 14.9. The SMILES string of the molecule is Cc1nn(Cc2cccc3ccccc23)c(C)c1Br. The molecule has 0 bridgehead atoms. The van der Waals surface area contributed by atoms with Crippen LogP contribution in [0.1, 0.15) is 17.0 Å². The van der Waals surface area contributed by atoms with Gasteiger partial charge < -0.3 is 0 Å². The molecule has 3 heteroatoms. The van der Waals surface area contributed by atoms with Gasteiger partial charge in [-0.2, -0.15) is 5.10 Å². The minimum Gasteiger partial charge on any atom is -0.264 e. The van der Waals surface area contributed by atoms with Gasteiger partial charge in [-0.05, 0) is 46.1 Å². The van der Waals surface area contributed by atoms with Crippen LogP contribution in [0.2, 0.25) is 0 Å². The van der Waals surface area contributed by atoms with E-state index in [1.807, 2.05) is 6.92 Å². The number of fused-ring (bicyclic) bond motifs is 1. The molecule has 0 aliphatic heterocycles. The van der Waals surface area contributed by atoms with Gasteiger partial charge in [-0.15, -0.1) is 0 Å². The molecule has 19 heavy (non-hydrogen) atoms. The highest BCUT2D eigenvalue weighted by molar-refractivity contribution is 9.10. The van der Waals surface area contributed by atoms with Gasteiger partial charge >= 0.3 is 0 Å². The third kappa shape index (κ3) is 2.19. The van der Waals surface area contributed by atoms with Gasteiger partial charge in [0, 0.05) is 0 Å². The molecule has 96 valence electrons. The van der Waals surface area contributed by atoms with Crippen LogP contribution in [0.15, 0.2) is 46.9 Å². The Balaban J connectivity index is 2.08. The van der Waals surface area contributed by atoms with Gasteiger partial charge in [-0.1, -0.05) is 42.5 Å². The Morgan fingerprint density at radius 3 is 2.53 bits per heavy atom. The van der Waals surface area contributed by atoms with Gasteiger partial charge in [0.05, 0.1) is 22.4 Å². The van der Waals surface area contributed by atoms with E-state index in [-0.39, 0.29) is 0 Å². The molecular weight excluding hydrogens is 300 g/mol. The van der Waals surface area contributed by atoms with Crippen molar-refractivity contribution >= 4 is 26.7 Å². The average molecular weight is 315 g/mol. The van der Waals surface area contributed by atoms with Crippen molar-refractivity contribution in [2.45, 2.75) is 20.4 Å². The Bertz CT molecular complexity index is 738. The summed E-state index contributed by atoms with van der Waals surface area (Å²) in [5, 5.41) is 7.16. The van der Waals surface area contributed by atoms with Crippen LogP contribution >= 0.6 is 15.9 Å². The number of rotatable bonds is 2. The molecule has 0 N–H and O–H groups in total. The highest BCUT2D eigenvalue weighted by Gasteiger charge is 2.10. The summed E-state index contributed by atoms with van der Waals surface area (Å²) >= 11 is 3.58. The number of nitrogens with zero attached hydrogens (tertiary/aromatic N) is 2. The van der Waals surface area contributed by atoms with E-state index in [1.165, 1.54) is 22.0 Å². The smallest absolute Gasteiger partial charge is 0.0738 e. The Morgan fingerprint density at radius 2 is 1.79 bits per heavy atom. The van der Waals surface area contributed by atoms with Gasteiger partial charge in [0.1, 0.15) is 0 Å². The summed E-state index contributed by atoms with van der Waals surface area (Å²) in [5.74, 6) is 0. The molecule has 0 aliphatic carbocycles. The predicted octanol–water partition coefficient (Wildman–Crippen LogP) is 4.46. The lowest BCUT2D eigenvalue weighted by molar-refractivity contribution is 0.661. The Kier molecular flexibility index (Phi) is 3.15. The quantitative estimate of drug-likeness (QED) is 0.682. The number of aromatic nitrogens is 2. The van der Waals surface area contributed by atoms with Crippen molar-refractivity contribution in [3.8, 4) is 0 Å². The fraction of sp³-hybridized carbons (Fsp3) is 0.188. The summed E-state index contributed by atoms with van der Waals surface area (Å²) in [6.45, 7) is 4.92. The van der Waals surface area contributed by atoms with E-state index in [4.69, 9.17) is 0 Å².